The highest BCUT2D eigenvalue weighted by molar-refractivity contribution is 7.18. The molecule has 31 heavy (non-hydrogen) atoms. The van der Waals surface area contributed by atoms with Crippen molar-refractivity contribution in [2.45, 2.75) is 46.6 Å². The van der Waals surface area contributed by atoms with Crippen LogP contribution in [0, 0.1) is 0 Å². The first kappa shape index (κ1) is 27.4. The van der Waals surface area contributed by atoms with Gasteiger partial charge in [0.15, 0.2) is 8.31 Å². The molecule has 8 heteroatoms. The Morgan fingerprint density at radius 1 is 0.871 bits per heavy atom. The van der Waals surface area contributed by atoms with Gasteiger partial charge in [-0.3, -0.25) is 0 Å². The first-order valence-corrected chi connectivity index (χ1v) is 16.5. The van der Waals surface area contributed by atoms with Crippen LogP contribution in [0.4, 0.5) is 0 Å². The Kier molecular flexibility index (Phi) is 14.3. The molecule has 0 aliphatic heterocycles. The maximum Gasteiger partial charge on any atom is 0.312 e. The van der Waals surface area contributed by atoms with Gasteiger partial charge in [-0.25, -0.2) is 0 Å². The highest BCUT2D eigenvalue weighted by Crippen LogP contribution is 2.23. The van der Waals surface area contributed by atoms with E-state index in [1.165, 1.54) is 5.56 Å². The van der Waals surface area contributed by atoms with Gasteiger partial charge in [0.2, 0.25) is 0 Å². The van der Waals surface area contributed by atoms with Crippen molar-refractivity contribution in [2.24, 2.45) is 0 Å². The molecule has 1 aromatic carbocycles. The van der Waals surface area contributed by atoms with E-state index < -0.39 is 22.9 Å². The third-order valence-corrected chi connectivity index (χ3v) is 12.7. The molecule has 0 radical (unpaired) electrons. The van der Waals surface area contributed by atoms with E-state index in [0.29, 0.717) is 45.6 Å². The van der Waals surface area contributed by atoms with Crippen LogP contribution >= 0.6 is 0 Å². The molecular weight excluding hydrogens is 428 g/mol. The molecule has 0 saturated carbocycles. The average Bonchev–Trinajstić information content (AvgIpc) is 2.77. The zero-order valence-corrected chi connectivity index (χ0v) is 22.4. The first-order chi connectivity index (χ1) is 15.1. The van der Waals surface area contributed by atoms with E-state index in [-0.39, 0.29) is 0 Å². The van der Waals surface area contributed by atoms with E-state index >= 15 is 0 Å². The summed E-state index contributed by atoms with van der Waals surface area (Å²) in [5.74, 6) is 0.476. The van der Waals surface area contributed by atoms with Gasteiger partial charge in [0.1, 0.15) is 14.4 Å². The smallest absolute Gasteiger partial charge is 0.312 e. The summed E-state index contributed by atoms with van der Waals surface area (Å²) in [6, 6.07) is 10.3. The van der Waals surface area contributed by atoms with Crippen LogP contribution < -0.4 is 0 Å². The van der Waals surface area contributed by atoms with Gasteiger partial charge in [0.25, 0.3) is 5.60 Å². The maximum absolute atomic E-state index is 6.37. The molecular formula is C23H40O6Si2. The minimum Gasteiger partial charge on any atom is -0.497 e. The van der Waals surface area contributed by atoms with Crippen LogP contribution in [-0.4, -0.2) is 62.6 Å². The summed E-state index contributed by atoms with van der Waals surface area (Å²) in [7, 11) is -2.97. The monoisotopic (exact) mass is 468 g/mol. The second-order valence-corrected chi connectivity index (χ2v) is 13.9. The van der Waals surface area contributed by atoms with Gasteiger partial charge in [0.05, 0.1) is 26.4 Å². The molecule has 1 atom stereocenters. The Bertz CT molecular complexity index is 624. The second kappa shape index (κ2) is 16.1. The molecule has 0 bridgehead atoms. The lowest BCUT2D eigenvalue weighted by Gasteiger charge is -2.37. The molecule has 0 aromatic heterocycles. The van der Waals surface area contributed by atoms with E-state index in [0.717, 1.165) is 11.8 Å². The van der Waals surface area contributed by atoms with Crippen LogP contribution in [0.5, 0.6) is 0 Å². The SMILES string of the molecule is C=C[SiH]([SiH2]C(OCC)=C(OCC)OCC)C(OCC)(OCC)OCCc1ccccc1. The first-order valence-electron chi connectivity index (χ1n) is 11.3. The molecule has 176 valence electrons. The van der Waals surface area contributed by atoms with Crippen LogP contribution in [0.25, 0.3) is 0 Å². The number of hydrogen-bond donors (Lipinski definition) is 0. The third-order valence-electron chi connectivity index (χ3n) is 4.47. The minimum absolute atomic E-state index is 0.476. The zero-order chi connectivity index (χ0) is 23.0. The molecule has 0 saturated heterocycles. The lowest BCUT2D eigenvalue weighted by Crippen LogP contribution is -2.56. The predicted octanol–water partition coefficient (Wildman–Crippen LogP) is 3.37. The molecule has 0 fully saturated rings. The van der Waals surface area contributed by atoms with Crippen LogP contribution in [0.2, 0.25) is 0 Å². The van der Waals surface area contributed by atoms with Crippen LogP contribution in [-0.2, 0) is 34.8 Å². The number of hydrogen-bond acceptors (Lipinski definition) is 6. The normalized spacial score (nSPS) is 12.5. The third kappa shape index (κ3) is 9.20. The summed E-state index contributed by atoms with van der Waals surface area (Å²) in [6.07, 6.45) is 0.778. The molecule has 6 nitrogen and oxygen atoms in total. The number of benzene rings is 1. The van der Waals surface area contributed by atoms with Gasteiger partial charge in [-0.05, 0) is 46.6 Å². The topological polar surface area (TPSA) is 55.4 Å². The number of rotatable bonds is 18. The van der Waals surface area contributed by atoms with Crippen molar-refractivity contribution in [3.8, 4) is 0 Å². The average molecular weight is 469 g/mol. The highest BCUT2D eigenvalue weighted by atomic mass is 29.2. The van der Waals surface area contributed by atoms with Crippen molar-refractivity contribution in [3.63, 3.8) is 0 Å². The van der Waals surface area contributed by atoms with Crippen molar-refractivity contribution < 1.29 is 28.4 Å². The molecule has 0 heterocycles. The summed E-state index contributed by atoms with van der Waals surface area (Å²) in [4.78, 5) is 0. The van der Waals surface area contributed by atoms with Crippen LogP contribution in [0.3, 0.4) is 0 Å². The van der Waals surface area contributed by atoms with Gasteiger partial charge in [-0.1, -0.05) is 36.0 Å². The standard InChI is InChI=1S/C23H40O6Si2/c1-7-24-21(25-8-2)22(26-9-3)30-31(12-6)23(27-10-4,28-11-5)29-19-18-20-16-14-13-15-17-20/h12-17,31H,6-11,18-19,30H2,1-5H3. The zero-order valence-electron chi connectivity index (χ0n) is 19.9. The summed E-state index contributed by atoms with van der Waals surface area (Å²) in [5, 5.41) is 0.790. The van der Waals surface area contributed by atoms with Gasteiger partial charge < -0.3 is 28.4 Å². The minimum atomic E-state index is -1.93. The maximum atomic E-state index is 6.37. The summed E-state index contributed by atoms with van der Waals surface area (Å²) >= 11 is 0. The van der Waals surface area contributed by atoms with Crippen LogP contribution in [0.15, 0.2) is 53.9 Å². The molecule has 1 unspecified atom stereocenters. The van der Waals surface area contributed by atoms with Crippen molar-refractivity contribution in [2.75, 3.05) is 39.6 Å². The Hall–Kier alpha value is -1.59. The fraction of sp³-hybridized carbons (Fsp3) is 0.565. The van der Waals surface area contributed by atoms with E-state index in [2.05, 4.69) is 18.7 Å². The van der Waals surface area contributed by atoms with Gasteiger partial charge in [-0.15, -0.1) is 6.58 Å². The Morgan fingerprint density at radius 3 is 1.94 bits per heavy atom. The fourth-order valence-electron chi connectivity index (χ4n) is 3.20. The summed E-state index contributed by atoms with van der Waals surface area (Å²) < 4.78 is 36.2. The highest BCUT2D eigenvalue weighted by Gasteiger charge is 2.43. The molecule has 0 N–H and O–H groups in total. The summed E-state index contributed by atoms with van der Waals surface area (Å²) in [5.41, 5.74) is 2.11. The molecule has 1 rings (SSSR count). The lowest BCUT2D eigenvalue weighted by atomic mass is 10.2. The largest absolute Gasteiger partial charge is 0.497 e. The Morgan fingerprint density at radius 2 is 1.45 bits per heavy atom. The molecule has 0 amide bonds. The van der Waals surface area contributed by atoms with E-state index in [9.17, 15) is 0 Å². The van der Waals surface area contributed by atoms with Crippen molar-refractivity contribution in [1.29, 1.82) is 0 Å². The van der Waals surface area contributed by atoms with Crippen molar-refractivity contribution in [1.82, 2.24) is 0 Å². The van der Waals surface area contributed by atoms with E-state index in [1.807, 2.05) is 58.5 Å². The van der Waals surface area contributed by atoms with Crippen molar-refractivity contribution >= 4 is 17.4 Å². The molecule has 0 aliphatic rings. The quantitative estimate of drug-likeness (QED) is 0.187. The fourth-order valence-corrected chi connectivity index (χ4v) is 10.5. The van der Waals surface area contributed by atoms with Crippen molar-refractivity contribution in [3.05, 3.63) is 59.5 Å². The van der Waals surface area contributed by atoms with Gasteiger partial charge in [-0.2, -0.15) is 0 Å². The second-order valence-electron chi connectivity index (χ2n) is 6.61. The van der Waals surface area contributed by atoms with Gasteiger partial charge in [0, 0.05) is 13.2 Å². The summed E-state index contributed by atoms with van der Waals surface area (Å²) in [6.45, 7) is 16.9. The van der Waals surface area contributed by atoms with Gasteiger partial charge >= 0.3 is 5.95 Å². The van der Waals surface area contributed by atoms with E-state index in [4.69, 9.17) is 28.4 Å². The van der Waals surface area contributed by atoms with E-state index in [1.54, 1.807) is 0 Å². The molecule has 0 spiro atoms. The molecule has 1 aromatic rings. The Labute approximate surface area is 191 Å². The predicted molar refractivity (Wildman–Crippen MR) is 130 cm³/mol. The Balaban J connectivity index is 3.14. The lowest BCUT2D eigenvalue weighted by molar-refractivity contribution is -0.324. The van der Waals surface area contributed by atoms with Crippen LogP contribution in [0.1, 0.15) is 40.2 Å². The molecule has 0 aliphatic carbocycles. The number of ether oxygens (including phenoxy) is 6.